The third-order valence-corrected chi connectivity index (χ3v) is 3.61. The fraction of sp³-hybridized carbons (Fsp3) is 0.533. The van der Waals surface area contributed by atoms with Gasteiger partial charge in [-0.25, -0.2) is 15.2 Å². The van der Waals surface area contributed by atoms with Crippen molar-refractivity contribution in [1.29, 1.82) is 0 Å². The van der Waals surface area contributed by atoms with Crippen molar-refractivity contribution in [2.45, 2.75) is 39.3 Å². The summed E-state index contributed by atoms with van der Waals surface area (Å²) in [6.07, 6.45) is 0.691. The molecule has 104 valence electrons. The Morgan fingerprint density at radius 1 is 1.37 bits per heavy atom. The molecule has 0 unspecified atom stereocenters. The van der Waals surface area contributed by atoms with Gasteiger partial charge in [0, 0.05) is 6.04 Å². The number of benzene rings is 1. The predicted octanol–water partition coefficient (Wildman–Crippen LogP) is 3.12. The number of amides is 1. The van der Waals surface area contributed by atoms with E-state index in [2.05, 4.69) is 26.2 Å². The summed E-state index contributed by atoms with van der Waals surface area (Å²) < 4.78 is 5.18. The number of rotatable bonds is 5. The standard InChI is InChI=1S/C15H22N2O2/c1-4-13(11(2)3)16-17-14(10-19-15(17)18)12-8-6-5-7-9-12/h5-9,11,13-14,16H,4,10H2,1-3H3/t13-,14-/m1/s1. The number of nitrogens with zero attached hydrogens (tertiary/aromatic N) is 1. The summed E-state index contributed by atoms with van der Waals surface area (Å²) in [5, 5.41) is 1.64. The van der Waals surface area contributed by atoms with Crippen molar-refractivity contribution in [3.63, 3.8) is 0 Å². The van der Waals surface area contributed by atoms with E-state index in [9.17, 15) is 4.79 Å². The summed E-state index contributed by atoms with van der Waals surface area (Å²) in [7, 11) is 0. The van der Waals surface area contributed by atoms with Crippen LogP contribution in [0.25, 0.3) is 0 Å². The van der Waals surface area contributed by atoms with Crippen LogP contribution in [-0.4, -0.2) is 23.8 Å². The van der Waals surface area contributed by atoms with Crippen molar-refractivity contribution in [3.05, 3.63) is 35.9 Å². The monoisotopic (exact) mass is 262 g/mol. The maximum Gasteiger partial charge on any atom is 0.425 e. The smallest absolute Gasteiger partial charge is 0.425 e. The predicted molar refractivity (Wildman–Crippen MR) is 74.4 cm³/mol. The summed E-state index contributed by atoms with van der Waals surface area (Å²) in [5.41, 5.74) is 4.42. The molecule has 0 radical (unpaired) electrons. The molecule has 0 aliphatic carbocycles. The van der Waals surface area contributed by atoms with E-state index in [-0.39, 0.29) is 18.2 Å². The van der Waals surface area contributed by atoms with Gasteiger partial charge in [-0.1, -0.05) is 51.1 Å². The quantitative estimate of drug-likeness (QED) is 0.886. The Bertz CT molecular complexity index is 419. The summed E-state index contributed by atoms with van der Waals surface area (Å²) in [4.78, 5) is 11.9. The first-order valence-corrected chi connectivity index (χ1v) is 6.90. The molecule has 2 atom stereocenters. The zero-order valence-corrected chi connectivity index (χ0v) is 11.8. The third kappa shape index (κ3) is 3.07. The van der Waals surface area contributed by atoms with Gasteiger partial charge in [-0.3, -0.25) is 0 Å². The average Bonchev–Trinajstić information content (AvgIpc) is 2.78. The lowest BCUT2D eigenvalue weighted by molar-refractivity contribution is 0.121. The van der Waals surface area contributed by atoms with Gasteiger partial charge in [0.25, 0.3) is 0 Å². The molecule has 19 heavy (non-hydrogen) atoms. The van der Waals surface area contributed by atoms with E-state index in [4.69, 9.17) is 4.74 Å². The lowest BCUT2D eigenvalue weighted by Crippen LogP contribution is -2.48. The van der Waals surface area contributed by atoms with Crippen molar-refractivity contribution in [3.8, 4) is 0 Å². The highest BCUT2D eigenvalue weighted by molar-refractivity contribution is 5.70. The van der Waals surface area contributed by atoms with Gasteiger partial charge in [-0.2, -0.15) is 0 Å². The number of nitrogens with one attached hydrogen (secondary N) is 1. The minimum Gasteiger partial charge on any atom is -0.446 e. The first kappa shape index (κ1) is 13.9. The molecule has 2 rings (SSSR count). The second-order valence-electron chi connectivity index (χ2n) is 5.26. The van der Waals surface area contributed by atoms with E-state index in [1.165, 1.54) is 0 Å². The maximum atomic E-state index is 11.9. The van der Waals surface area contributed by atoms with Crippen LogP contribution in [0.1, 0.15) is 38.8 Å². The third-order valence-electron chi connectivity index (χ3n) is 3.61. The Morgan fingerprint density at radius 2 is 2.05 bits per heavy atom. The zero-order valence-electron chi connectivity index (χ0n) is 11.8. The molecule has 1 saturated heterocycles. The molecule has 0 spiro atoms. The molecule has 1 fully saturated rings. The number of cyclic esters (lactones) is 1. The van der Waals surface area contributed by atoms with Crippen LogP contribution >= 0.6 is 0 Å². The van der Waals surface area contributed by atoms with Crippen LogP contribution in [0, 0.1) is 5.92 Å². The Hall–Kier alpha value is -1.55. The van der Waals surface area contributed by atoms with Crippen LogP contribution in [0.5, 0.6) is 0 Å². The van der Waals surface area contributed by atoms with E-state index in [1.807, 2.05) is 30.3 Å². The van der Waals surface area contributed by atoms with Crippen molar-refractivity contribution >= 4 is 6.09 Å². The lowest BCUT2D eigenvalue weighted by atomic mass is 10.0. The molecule has 1 amide bonds. The number of hydrazine groups is 1. The number of carbonyl (C=O) groups excluding carboxylic acids is 1. The fourth-order valence-electron chi connectivity index (χ4n) is 2.38. The van der Waals surface area contributed by atoms with Crippen LogP contribution in [0.15, 0.2) is 30.3 Å². The molecule has 1 N–H and O–H groups in total. The summed E-state index contributed by atoms with van der Waals surface area (Å²) in [6.45, 7) is 6.83. The van der Waals surface area contributed by atoms with Gasteiger partial charge in [-0.15, -0.1) is 0 Å². The molecular formula is C15H22N2O2. The molecule has 0 aromatic heterocycles. The van der Waals surface area contributed by atoms with Crippen LogP contribution < -0.4 is 5.43 Å². The van der Waals surface area contributed by atoms with E-state index in [0.29, 0.717) is 12.5 Å². The van der Waals surface area contributed by atoms with Crippen molar-refractivity contribution in [2.24, 2.45) is 5.92 Å². The second kappa shape index (κ2) is 6.06. The van der Waals surface area contributed by atoms with E-state index in [1.54, 1.807) is 5.01 Å². The summed E-state index contributed by atoms with van der Waals surface area (Å²) in [5.74, 6) is 0.467. The Morgan fingerprint density at radius 3 is 2.63 bits per heavy atom. The minimum atomic E-state index is -0.284. The van der Waals surface area contributed by atoms with Gasteiger partial charge in [0.1, 0.15) is 12.6 Å². The van der Waals surface area contributed by atoms with Gasteiger partial charge < -0.3 is 4.74 Å². The molecule has 0 saturated carbocycles. The lowest BCUT2D eigenvalue weighted by Gasteiger charge is -2.29. The van der Waals surface area contributed by atoms with Crippen molar-refractivity contribution in [1.82, 2.24) is 10.4 Å². The average molecular weight is 262 g/mol. The largest absolute Gasteiger partial charge is 0.446 e. The highest BCUT2D eigenvalue weighted by atomic mass is 16.6. The number of carbonyl (C=O) groups is 1. The van der Waals surface area contributed by atoms with Crippen molar-refractivity contribution < 1.29 is 9.53 Å². The van der Waals surface area contributed by atoms with E-state index in [0.717, 1.165) is 12.0 Å². The number of ether oxygens (including phenoxy) is 1. The molecule has 0 bridgehead atoms. The van der Waals surface area contributed by atoms with Gasteiger partial charge in [0.05, 0.1) is 0 Å². The van der Waals surface area contributed by atoms with Crippen LogP contribution in [0.4, 0.5) is 4.79 Å². The maximum absolute atomic E-state index is 11.9. The second-order valence-corrected chi connectivity index (χ2v) is 5.26. The topological polar surface area (TPSA) is 41.6 Å². The van der Waals surface area contributed by atoms with Crippen molar-refractivity contribution in [2.75, 3.05) is 6.61 Å². The van der Waals surface area contributed by atoms with Crippen LogP contribution in [0.2, 0.25) is 0 Å². The SMILES string of the molecule is CC[C@@H](NN1C(=O)OC[C@@H]1c1ccccc1)C(C)C. The Labute approximate surface area is 114 Å². The number of hydrogen-bond donors (Lipinski definition) is 1. The fourth-order valence-corrected chi connectivity index (χ4v) is 2.38. The first-order chi connectivity index (χ1) is 9.13. The van der Waals surface area contributed by atoms with Gasteiger partial charge in [0.15, 0.2) is 0 Å². The van der Waals surface area contributed by atoms with Gasteiger partial charge in [-0.05, 0) is 17.9 Å². The molecular weight excluding hydrogens is 240 g/mol. The zero-order chi connectivity index (χ0) is 13.8. The molecule has 1 heterocycles. The van der Waals surface area contributed by atoms with Crippen LogP contribution in [-0.2, 0) is 4.74 Å². The first-order valence-electron chi connectivity index (χ1n) is 6.90. The van der Waals surface area contributed by atoms with Gasteiger partial charge in [0.2, 0.25) is 0 Å². The molecule has 1 aliphatic heterocycles. The molecule has 4 heteroatoms. The Kier molecular flexibility index (Phi) is 4.43. The Balaban J connectivity index is 2.14. The highest BCUT2D eigenvalue weighted by Crippen LogP contribution is 2.26. The molecule has 1 aliphatic rings. The van der Waals surface area contributed by atoms with Gasteiger partial charge >= 0.3 is 6.09 Å². The highest BCUT2D eigenvalue weighted by Gasteiger charge is 2.35. The summed E-state index contributed by atoms with van der Waals surface area (Å²) in [6, 6.07) is 10.2. The number of hydrogen-bond acceptors (Lipinski definition) is 3. The summed E-state index contributed by atoms with van der Waals surface area (Å²) >= 11 is 0. The minimum absolute atomic E-state index is 0.0403. The molecule has 4 nitrogen and oxygen atoms in total. The van der Waals surface area contributed by atoms with E-state index >= 15 is 0 Å². The normalized spacial score (nSPS) is 20.7. The molecule has 1 aromatic rings. The van der Waals surface area contributed by atoms with E-state index < -0.39 is 0 Å². The molecule has 1 aromatic carbocycles. The van der Waals surface area contributed by atoms with Crippen LogP contribution in [0.3, 0.4) is 0 Å².